The zero-order chi connectivity index (χ0) is 26.0. The Hall–Kier alpha value is -2.62. The molecule has 9 heteroatoms. The maximum atomic E-state index is 13.6. The molecule has 36 heavy (non-hydrogen) atoms. The fourth-order valence-electron chi connectivity index (χ4n) is 4.22. The van der Waals surface area contributed by atoms with Crippen LogP contribution in [-0.2, 0) is 15.0 Å². The van der Waals surface area contributed by atoms with Crippen LogP contribution in [0.25, 0.3) is 5.69 Å². The third-order valence-electron chi connectivity index (χ3n) is 6.06. The Balaban J connectivity index is 1.88. The van der Waals surface area contributed by atoms with Crippen molar-refractivity contribution in [2.24, 2.45) is 0 Å². The van der Waals surface area contributed by atoms with Crippen molar-refractivity contribution in [1.29, 1.82) is 0 Å². The molecule has 1 atom stereocenters. The summed E-state index contributed by atoms with van der Waals surface area (Å²) in [5, 5.41) is 10.1. The van der Waals surface area contributed by atoms with Gasteiger partial charge in [-0.05, 0) is 44.6 Å². The van der Waals surface area contributed by atoms with Gasteiger partial charge >= 0.3 is 0 Å². The number of hydrogen-bond donors (Lipinski definition) is 1. The van der Waals surface area contributed by atoms with Crippen LogP contribution in [-0.4, -0.2) is 66.0 Å². The number of nitrogens with one attached hydrogen (secondary N) is 1. The van der Waals surface area contributed by atoms with Gasteiger partial charge in [0.05, 0.1) is 22.4 Å². The molecular weight excluding hydrogens is 490 g/mol. The molecule has 0 saturated carbocycles. The lowest BCUT2D eigenvalue weighted by Crippen LogP contribution is -2.43. The molecule has 0 bridgehead atoms. The van der Waals surface area contributed by atoms with E-state index in [1.54, 1.807) is 28.0 Å². The number of likely N-dealkylation sites (N-methyl/N-ethyl adjacent to an activating group) is 1. The molecule has 2 amide bonds. The van der Waals surface area contributed by atoms with E-state index in [4.69, 9.17) is 5.10 Å². The minimum Gasteiger partial charge on any atom is -0.353 e. The van der Waals surface area contributed by atoms with Crippen LogP contribution in [0.1, 0.15) is 47.7 Å². The van der Waals surface area contributed by atoms with Crippen LogP contribution >= 0.6 is 23.1 Å². The van der Waals surface area contributed by atoms with E-state index in [1.165, 1.54) is 4.88 Å². The summed E-state index contributed by atoms with van der Waals surface area (Å²) in [7, 11) is 3.93. The number of anilines is 1. The molecule has 1 aromatic carbocycles. The van der Waals surface area contributed by atoms with Crippen molar-refractivity contribution in [2.45, 2.75) is 38.4 Å². The number of carbonyl (C=O) groups is 2. The van der Waals surface area contributed by atoms with Gasteiger partial charge in [0.15, 0.2) is 0 Å². The van der Waals surface area contributed by atoms with Gasteiger partial charge in [-0.3, -0.25) is 14.5 Å². The number of fused-ring (bicyclic) bond motifs is 1. The van der Waals surface area contributed by atoms with E-state index in [0.29, 0.717) is 18.1 Å². The van der Waals surface area contributed by atoms with Crippen LogP contribution < -0.4 is 10.2 Å². The van der Waals surface area contributed by atoms with Crippen molar-refractivity contribution in [3.05, 3.63) is 63.5 Å². The number of carbonyl (C=O) groups excluding carboxylic acids is 2. The van der Waals surface area contributed by atoms with Gasteiger partial charge in [-0.2, -0.15) is 5.10 Å². The van der Waals surface area contributed by atoms with E-state index >= 15 is 0 Å². The zero-order valence-electron chi connectivity index (χ0n) is 21.9. The topological polar surface area (TPSA) is 70.5 Å². The van der Waals surface area contributed by atoms with Gasteiger partial charge in [0, 0.05) is 28.9 Å². The Labute approximate surface area is 221 Å². The summed E-state index contributed by atoms with van der Waals surface area (Å²) < 4.78 is 1.87. The van der Waals surface area contributed by atoms with Crippen molar-refractivity contribution in [3.63, 3.8) is 0 Å². The van der Waals surface area contributed by atoms with Gasteiger partial charge in [0.2, 0.25) is 11.8 Å². The maximum Gasteiger partial charge on any atom is 0.240 e. The van der Waals surface area contributed by atoms with Gasteiger partial charge in [-0.25, -0.2) is 4.68 Å². The van der Waals surface area contributed by atoms with Crippen molar-refractivity contribution < 1.29 is 9.59 Å². The normalized spacial score (nSPS) is 16.2. The smallest absolute Gasteiger partial charge is 0.240 e. The SMILES string of the molecule is Cc1ccc(-n2nc(C(C)(C)C)c3c2N(CC(=O)NCCN(C)C)C(=O)CS[C@@H]3c2cccs2)cc1. The molecule has 1 aliphatic heterocycles. The predicted octanol–water partition coefficient (Wildman–Crippen LogP) is 4.39. The molecule has 0 unspecified atom stereocenters. The quantitative estimate of drug-likeness (QED) is 0.496. The second kappa shape index (κ2) is 10.8. The first-order valence-electron chi connectivity index (χ1n) is 12.1. The van der Waals surface area contributed by atoms with Crippen LogP contribution in [0.4, 0.5) is 5.82 Å². The fourth-order valence-corrected chi connectivity index (χ4v) is 6.40. The fraction of sp³-hybridized carbons (Fsp3) is 0.444. The summed E-state index contributed by atoms with van der Waals surface area (Å²) >= 11 is 3.30. The molecule has 7 nitrogen and oxygen atoms in total. The molecule has 0 fully saturated rings. The average Bonchev–Trinajstić information content (AvgIpc) is 3.44. The molecule has 2 aromatic heterocycles. The van der Waals surface area contributed by atoms with E-state index in [9.17, 15) is 9.59 Å². The third-order valence-corrected chi connectivity index (χ3v) is 8.39. The van der Waals surface area contributed by atoms with E-state index in [1.807, 2.05) is 60.9 Å². The highest BCUT2D eigenvalue weighted by Gasteiger charge is 2.40. The number of hydrogen-bond acceptors (Lipinski definition) is 6. The Morgan fingerprint density at radius 2 is 1.92 bits per heavy atom. The monoisotopic (exact) mass is 525 g/mol. The van der Waals surface area contributed by atoms with Crippen molar-refractivity contribution in [1.82, 2.24) is 20.0 Å². The number of thioether (sulfide) groups is 1. The first-order valence-corrected chi connectivity index (χ1v) is 14.1. The zero-order valence-corrected chi connectivity index (χ0v) is 23.5. The largest absolute Gasteiger partial charge is 0.353 e. The van der Waals surface area contributed by atoms with Crippen molar-refractivity contribution in [2.75, 3.05) is 44.4 Å². The first-order chi connectivity index (χ1) is 17.1. The molecule has 4 rings (SSSR count). The van der Waals surface area contributed by atoms with Crippen LogP contribution in [0.3, 0.4) is 0 Å². The lowest BCUT2D eigenvalue weighted by Gasteiger charge is -2.24. The van der Waals surface area contributed by atoms with Gasteiger partial charge in [0.25, 0.3) is 0 Å². The summed E-state index contributed by atoms with van der Waals surface area (Å²) in [5.74, 6) is 0.723. The van der Waals surface area contributed by atoms with E-state index in [2.05, 4.69) is 37.5 Å². The molecule has 3 aromatic rings. The first kappa shape index (κ1) is 26.4. The van der Waals surface area contributed by atoms with E-state index in [0.717, 1.165) is 29.1 Å². The van der Waals surface area contributed by atoms with Gasteiger partial charge in [-0.15, -0.1) is 23.1 Å². The number of benzene rings is 1. The third kappa shape index (κ3) is 5.68. The molecule has 0 radical (unpaired) electrons. The number of nitrogens with zero attached hydrogens (tertiary/aromatic N) is 4. The minimum absolute atomic E-state index is 0.0424. The van der Waals surface area contributed by atoms with Crippen LogP contribution in [0.5, 0.6) is 0 Å². The standard InChI is InChI=1S/C27H35N5O2S2/c1-18-9-11-19(12-10-18)32-26-23(25(29-32)27(2,3)4)24(20-8-7-15-35-20)36-17-22(34)31(26)16-21(33)28-13-14-30(5)6/h7-12,15,24H,13-14,16-17H2,1-6H3,(H,28,33)/t24-/m1/s1. The molecule has 0 spiro atoms. The molecule has 0 saturated heterocycles. The molecule has 3 heterocycles. The number of amides is 2. The van der Waals surface area contributed by atoms with Crippen molar-refractivity contribution >= 4 is 40.7 Å². The number of aryl methyl sites for hydroxylation is 1. The van der Waals surface area contributed by atoms with E-state index in [-0.39, 0.29) is 29.0 Å². The Kier molecular flexibility index (Phi) is 7.92. The number of rotatable bonds is 7. The lowest BCUT2D eigenvalue weighted by atomic mass is 9.88. The highest BCUT2D eigenvalue weighted by molar-refractivity contribution is 8.00. The van der Waals surface area contributed by atoms with Gasteiger partial charge in [-0.1, -0.05) is 44.5 Å². The predicted molar refractivity (Wildman–Crippen MR) is 150 cm³/mol. The van der Waals surface area contributed by atoms with Gasteiger partial charge < -0.3 is 10.2 Å². The Morgan fingerprint density at radius 3 is 2.53 bits per heavy atom. The summed E-state index contributed by atoms with van der Waals surface area (Å²) in [6, 6.07) is 12.3. The summed E-state index contributed by atoms with van der Waals surface area (Å²) in [5.41, 5.74) is 3.71. The second-order valence-corrected chi connectivity index (χ2v) is 12.5. The van der Waals surface area contributed by atoms with Crippen LogP contribution in [0, 0.1) is 6.92 Å². The van der Waals surface area contributed by atoms with Crippen LogP contribution in [0.2, 0.25) is 0 Å². The van der Waals surface area contributed by atoms with Gasteiger partial charge in [0.1, 0.15) is 12.4 Å². The summed E-state index contributed by atoms with van der Waals surface area (Å²) in [6.07, 6.45) is 0. The highest BCUT2D eigenvalue weighted by atomic mass is 32.2. The van der Waals surface area contributed by atoms with E-state index < -0.39 is 0 Å². The summed E-state index contributed by atoms with van der Waals surface area (Å²) in [6.45, 7) is 9.71. The lowest BCUT2D eigenvalue weighted by molar-refractivity contribution is -0.122. The maximum absolute atomic E-state index is 13.6. The summed E-state index contributed by atoms with van der Waals surface area (Å²) in [4.78, 5) is 31.4. The Bertz CT molecular complexity index is 1210. The second-order valence-electron chi connectivity index (χ2n) is 10.4. The molecular formula is C27H35N5O2S2. The minimum atomic E-state index is -0.261. The van der Waals surface area contributed by atoms with Crippen molar-refractivity contribution in [3.8, 4) is 5.69 Å². The molecule has 1 aliphatic rings. The van der Waals surface area contributed by atoms with Crippen LogP contribution in [0.15, 0.2) is 41.8 Å². The molecule has 1 N–H and O–H groups in total. The Morgan fingerprint density at radius 1 is 1.19 bits per heavy atom. The highest BCUT2D eigenvalue weighted by Crippen LogP contribution is 2.49. The number of aromatic nitrogens is 2. The number of thiophene rings is 1. The average molecular weight is 526 g/mol. The molecule has 192 valence electrons. The molecule has 0 aliphatic carbocycles.